The minimum absolute atomic E-state index is 0.00790. The Morgan fingerprint density at radius 3 is 2.62 bits per heavy atom. The van der Waals surface area contributed by atoms with Crippen molar-refractivity contribution in [3.05, 3.63) is 52.8 Å². The van der Waals surface area contributed by atoms with Gasteiger partial charge in [0.25, 0.3) is 0 Å². The lowest BCUT2D eigenvalue weighted by Gasteiger charge is -2.38. The van der Waals surface area contributed by atoms with Gasteiger partial charge in [-0.05, 0) is 63.6 Å². The van der Waals surface area contributed by atoms with E-state index in [-0.39, 0.29) is 17.6 Å². The predicted octanol–water partition coefficient (Wildman–Crippen LogP) is 3.67. The fourth-order valence-corrected chi connectivity index (χ4v) is 3.54. The third-order valence-corrected chi connectivity index (χ3v) is 4.52. The van der Waals surface area contributed by atoms with Crippen molar-refractivity contribution >= 4 is 5.91 Å². The number of methoxy groups -OCH3 is 1. The number of carbonyl (C=O) groups is 1. The zero-order valence-corrected chi connectivity index (χ0v) is 16.1. The van der Waals surface area contributed by atoms with Gasteiger partial charge in [-0.2, -0.15) is 0 Å². The Bertz CT molecular complexity index is 810. The van der Waals surface area contributed by atoms with E-state index in [2.05, 4.69) is 10.3 Å². The van der Waals surface area contributed by atoms with Crippen LogP contribution in [0.4, 0.5) is 0 Å². The number of rotatable bonds is 4. The molecule has 0 fully saturated rings. The van der Waals surface area contributed by atoms with Gasteiger partial charge in [0.1, 0.15) is 17.1 Å². The van der Waals surface area contributed by atoms with Crippen molar-refractivity contribution in [3.8, 4) is 11.5 Å². The summed E-state index contributed by atoms with van der Waals surface area (Å²) in [6.45, 7) is 7.96. The predicted molar refractivity (Wildman–Crippen MR) is 101 cm³/mol. The molecule has 0 radical (unpaired) electrons. The highest BCUT2D eigenvalue weighted by molar-refractivity contribution is 5.79. The van der Waals surface area contributed by atoms with Crippen molar-refractivity contribution in [3.63, 3.8) is 0 Å². The highest BCUT2D eigenvalue weighted by atomic mass is 16.5. The van der Waals surface area contributed by atoms with Crippen molar-refractivity contribution in [2.75, 3.05) is 7.11 Å². The molecule has 1 amide bonds. The Balaban J connectivity index is 1.81. The van der Waals surface area contributed by atoms with Crippen LogP contribution in [0, 0.1) is 13.8 Å². The van der Waals surface area contributed by atoms with Crippen molar-refractivity contribution in [1.82, 2.24) is 10.3 Å². The van der Waals surface area contributed by atoms with Crippen LogP contribution < -0.4 is 14.8 Å². The Hall–Kier alpha value is -2.56. The van der Waals surface area contributed by atoms with Crippen LogP contribution in [-0.2, 0) is 11.2 Å². The van der Waals surface area contributed by atoms with Gasteiger partial charge < -0.3 is 14.8 Å². The summed E-state index contributed by atoms with van der Waals surface area (Å²) in [6.07, 6.45) is 1.04. The number of pyridine rings is 1. The number of ether oxygens (including phenoxy) is 2. The Kier molecular flexibility index (Phi) is 4.90. The van der Waals surface area contributed by atoms with Gasteiger partial charge in [0.05, 0.1) is 19.6 Å². The van der Waals surface area contributed by atoms with E-state index in [0.29, 0.717) is 12.8 Å². The molecule has 1 N–H and O–H groups in total. The van der Waals surface area contributed by atoms with Crippen LogP contribution in [0.25, 0.3) is 0 Å². The molecule has 0 bridgehead atoms. The molecule has 5 heteroatoms. The third kappa shape index (κ3) is 4.15. The molecule has 26 heavy (non-hydrogen) atoms. The number of hydrogen-bond donors (Lipinski definition) is 1. The van der Waals surface area contributed by atoms with E-state index in [4.69, 9.17) is 9.47 Å². The van der Waals surface area contributed by atoms with Gasteiger partial charge in [0.2, 0.25) is 5.91 Å². The molecule has 1 aromatic carbocycles. The van der Waals surface area contributed by atoms with Gasteiger partial charge in [-0.25, -0.2) is 0 Å². The molecule has 0 aliphatic carbocycles. The maximum atomic E-state index is 12.7. The lowest BCUT2D eigenvalue weighted by Crippen LogP contribution is -2.41. The normalized spacial score (nSPS) is 17.8. The van der Waals surface area contributed by atoms with Gasteiger partial charge in [-0.15, -0.1) is 0 Å². The number of fused-ring (bicyclic) bond motifs is 1. The van der Waals surface area contributed by atoms with Crippen molar-refractivity contribution in [2.45, 2.75) is 52.2 Å². The van der Waals surface area contributed by atoms with Crippen LogP contribution in [-0.4, -0.2) is 23.6 Å². The first kappa shape index (κ1) is 18.2. The molecule has 1 aromatic heterocycles. The molecule has 1 atom stereocenters. The van der Waals surface area contributed by atoms with Crippen LogP contribution >= 0.6 is 0 Å². The first-order valence-corrected chi connectivity index (χ1v) is 8.86. The second-order valence-electron chi connectivity index (χ2n) is 7.52. The number of carbonyl (C=O) groups excluding carboxylic acids is 1. The largest absolute Gasteiger partial charge is 0.497 e. The Morgan fingerprint density at radius 1 is 1.27 bits per heavy atom. The summed E-state index contributed by atoms with van der Waals surface area (Å²) in [4.78, 5) is 17.0. The number of aryl methyl sites for hydroxylation is 2. The van der Waals surface area contributed by atoms with E-state index >= 15 is 0 Å². The zero-order valence-electron chi connectivity index (χ0n) is 16.1. The minimum atomic E-state index is -0.344. The first-order valence-electron chi connectivity index (χ1n) is 8.86. The summed E-state index contributed by atoms with van der Waals surface area (Å²) in [5.74, 6) is 1.54. The van der Waals surface area contributed by atoms with E-state index in [1.807, 2.05) is 58.0 Å². The van der Waals surface area contributed by atoms with E-state index in [1.54, 1.807) is 7.11 Å². The maximum absolute atomic E-state index is 12.7. The number of aromatic nitrogens is 1. The maximum Gasteiger partial charge on any atom is 0.224 e. The van der Waals surface area contributed by atoms with Gasteiger partial charge >= 0.3 is 0 Å². The summed E-state index contributed by atoms with van der Waals surface area (Å²) in [7, 11) is 1.64. The molecule has 138 valence electrons. The summed E-state index contributed by atoms with van der Waals surface area (Å²) in [5, 5.41) is 3.17. The number of nitrogens with one attached hydrogen (secondary N) is 1. The summed E-state index contributed by atoms with van der Waals surface area (Å²) in [6, 6.07) is 9.52. The monoisotopic (exact) mass is 354 g/mol. The van der Waals surface area contributed by atoms with Crippen molar-refractivity contribution in [1.29, 1.82) is 0 Å². The Labute approximate surface area is 154 Å². The molecular formula is C21H26N2O3. The molecule has 0 saturated carbocycles. The molecular weight excluding hydrogens is 328 g/mol. The van der Waals surface area contributed by atoms with Crippen molar-refractivity contribution in [2.24, 2.45) is 0 Å². The average Bonchev–Trinajstić information content (AvgIpc) is 2.52. The van der Waals surface area contributed by atoms with E-state index in [9.17, 15) is 4.79 Å². The second kappa shape index (κ2) is 6.98. The zero-order chi connectivity index (χ0) is 18.9. The SMILES string of the molecule is COc1ccc2c(c1)C(NC(=O)Cc1cc(C)nc(C)c1)CC(C)(C)O2. The highest BCUT2D eigenvalue weighted by Gasteiger charge is 2.34. The Morgan fingerprint density at radius 2 is 1.96 bits per heavy atom. The number of hydrogen-bond acceptors (Lipinski definition) is 4. The van der Waals surface area contributed by atoms with Crippen molar-refractivity contribution < 1.29 is 14.3 Å². The lowest BCUT2D eigenvalue weighted by molar-refractivity contribution is -0.121. The topological polar surface area (TPSA) is 60.5 Å². The molecule has 1 unspecified atom stereocenters. The van der Waals surface area contributed by atoms with E-state index in [1.165, 1.54) is 0 Å². The fraction of sp³-hybridized carbons (Fsp3) is 0.429. The summed E-state index contributed by atoms with van der Waals surface area (Å²) < 4.78 is 11.4. The summed E-state index contributed by atoms with van der Waals surface area (Å²) in [5.41, 5.74) is 3.44. The molecule has 5 nitrogen and oxygen atoms in total. The smallest absolute Gasteiger partial charge is 0.224 e. The van der Waals surface area contributed by atoms with Crippen LogP contribution in [0.1, 0.15) is 48.8 Å². The fourth-order valence-electron chi connectivity index (χ4n) is 3.54. The van der Waals surface area contributed by atoms with Crippen LogP contribution in [0.15, 0.2) is 30.3 Å². The molecule has 3 rings (SSSR count). The van der Waals surface area contributed by atoms with Crippen LogP contribution in [0.3, 0.4) is 0 Å². The van der Waals surface area contributed by atoms with Gasteiger partial charge in [-0.1, -0.05) is 0 Å². The third-order valence-electron chi connectivity index (χ3n) is 4.52. The summed E-state index contributed by atoms with van der Waals surface area (Å²) >= 11 is 0. The van der Waals surface area contributed by atoms with Gasteiger partial charge in [-0.3, -0.25) is 9.78 Å². The quantitative estimate of drug-likeness (QED) is 0.910. The van der Waals surface area contributed by atoms with Gasteiger partial charge in [0, 0.05) is 23.4 Å². The van der Waals surface area contributed by atoms with Gasteiger partial charge in [0.15, 0.2) is 0 Å². The first-order chi connectivity index (χ1) is 12.3. The van der Waals surface area contributed by atoms with E-state index < -0.39 is 0 Å². The van der Waals surface area contributed by atoms with Crippen LogP contribution in [0.2, 0.25) is 0 Å². The highest BCUT2D eigenvalue weighted by Crippen LogP contribution is 2.41. The minimum Gasteiger partial charge on any atom is -0.497 e. The standard InChI is InChI=1S/C21H26N2O3/c1-13-8-15(9-14(2)22-13)10-20(24)23-18-12-21(3,4)26-19-7-6-16(25-5)11-17(18)19/h6-9,11,18H,10,12H2,1-5H3,(H,23,24). The molecule has 0 spiro atoms. The van der Waals surface area contributed by atoms with E-state index in [0.717, 1.165) is 34.0 Å². The lowest BCUT2D eigenvalue weighted by atomic mass is 9.89. The number of benzene rings is 1. The molecule has 2 aromatic rings. The number of amides is 1. The molecule has 1 aliphatic heterocycles. The molecule has 2 heterocycles. The second-order valence-corrected chi connectivity index (χ2v) is 7.52. The average molecular weight is 354 g/mol. The number of nitrogens with zero attached hydrogens (tertiary/aromatic N) is 1. The molecule has 1 aliphatic rings. The van der Waals surface area contributed by atoms with Crippen LogP contribution in [0.5, 0.6) is 11.5 Å². The molecule has 0 saturated heterocycles.